The Balaban J connectivity index is 2.83. The van der Waals surface area contributed by atoms with E-state index in [-0.39, 0.29) is 12.2 Å². The summed E-state index contributed by atoms with van der Waals surface area (Å²) in [5.74, 6) is -0.333. The van der Waals surface area contributed by atoms with Crippen molar-refractivity contribution in [3.05, 3.63) is 40.9 Å². The molecule has 1 aromatic rings. The number of hydrogen-bond acceptors (Lipinski definition) is 5. The van der Waals surface area contributed by atoms with E-state index in [2.05, 4.69) is 15.0 Å². The minimum absolute atomic E-state index is 0.105. The third-order valence-corrected chi connectivity index (χ3v) is 1.95. The van der Waals surface area contributed by atoms with Gasteiger partial charge in [-0.05, 0) is 31.2 Å². The molecule has 0 aliphatic carbocycles. The van der Waals surface area contributed by atoms with Gasteiger partial charge in [0.1, 0.15) is 0 Å². The van der Waals surface area contributed by atoms with E-state index in [9.17, 15) is 9.59 Å². The molecule has 0 spiro atoms. The van der Waals surface area contributed by atoms with Crippen LogP contribution in [0.25, 0.3) is 5.41 Å². The summed E-state index contributed by atoms with van der Waals surface area (Å²) >= 11 is 0. The largest absolute Gasteiger partial charge is 0.761 e. The molecule has 0 fully saturated rings. The number of carboxylic acids is 1. The monoisotopic (exact) mass is 260 g/mol. The predicted octanol–water partition coefficient (Wildman–Crippen LogP) is 2.15. The van der Waals surface area contributed by atoms with Crippen LogP contribution in [-0.4, -0.2) is 29.5 Å². The standard InChI is InChI=1S/C12H10N3O4/c1-2-19-12(18)10(7-13)15-14-9-5-3-8(4-6-9)11(16)17/h3-6H,2H2,1H3,(H,16,17)/q-1. The molecule has 0 bridgehead atoms. The van der Waals surface area contributed by atoms with Crippen molar-refractivity contribution in [1.82, 2.24) is 0 Å². The molecule has 0 aliphatic heterocycles. The van der Waals surface area contributed by atoms with Crippen LogP contribution < -0.4 is 0 Å². The Labute approximate surface area is 108 Å². The zero-order valence-electron chi connectivity index (χ0n) is 10.0. The Hall–Kier alpha value is -2.79. The first-order valence-electron chi connectivity index (χ1n) is 5.27. The fourth-order valence-corrected chi connectivity index (χ4v) is 1.09. The summed E-state index contributed by atoms with van der Waals surface area (Å²) in [6, 6.07) is 5.50. The summed E-state index contributed by atoms with van der Waals surface area (Å²) in [5, 5.41) is 24.5. The maximum atomic E-state index is 11.2. The molecule has 0 atom stereocenters. The summed E-state index contributed by atoms with van der Waals surface area (Å²) in [7, 11) is 0. The summed E-state index contributed by atoms with van der Waals surface area (Å²) in [4.78, 5) is 21.8. The predicted molar refractivity (Wildman–Crippen MR) is 66.4 cm³/mol. The Morgan fingerprint density at radius 2 is 2.00 bits per heavy atom. The third-order valence-electron chi connectivity index (χ3n) is 1.95. The first-order valence-corrected chi connectivity index (χ1v) is 5.27. The maximum Gasteiger partial charge on any atom is 0.365 e. The molecule has 1 aromatic carbocycles. The highest BCUT2D eigenvalue weighted by Crippen LogP contribution is 2.14. The molecule has 0 aromatic heterocycles. The molecule has 0 unspecified atom stereocenters. The van der Waals surface area contributed by atoms with Crippen LogP contribution in [0.5, 0.6) is 0 Å². The maximum absolute atomic E-state index is 11.2. The van der Waals surface area contributed by atoms with E-state index >= 15 is 0 Å². The van der Waals surface area contributed by atoms with Gasteiger partial charge in [-0.2, -0.15) is 0 Å². The van der Waals surface area contributed by atoms with Crippen molar-refractivity contribution in [3.63, 3.8) is 0 Å². The number of rotatable bonds is 5. The van der Waals surface area contributed by atoms with E-state index in [1.165, 1.54) is 24.3 Å². The fraction of sp³-hybridized carbons (Fsp3) is 0.167. The van der Waals surface area contributed by atoms with Gasteiger partial charge >= 0.3 is 11.9 Å². The Bertz CT molecular complexity index is 557. The van der Waals surface area contributed by atoms with Gasteiger partial charge < -0.3 is 15.3 Å². The van der Waals surface area contributed by atoms with Gasteiger partial charge in [-0.15, -0.1) is 10.2 Å². The molecule has 0 aliphatic rings. The number of nitrogens with zero attached hydrogens (tertiary/aromatic N) is 3. The number of aromatic carboxylic acids is 1. The van der Waals surface area contributed by atoms with E-state index in [0.29, 0.717) is 5.69 Å². The molecule has 7 nitrogen and oxygen atoms in total. The van der Waals surface area contributed by atoms with Crippen LogP contribution in [-0.2, 0) is 9.53 Å². The third kappa shape index (κ3) is 4.18. The molecule has 7 heteroatoms. The lowest BCUT2D eigenvalue weighted by Gasteiger charge is -1.99. The minimum atomic E-state index is -1.06. The number of hydrogen-bond donors (Lipinski definition) is 1. The van der Waals surface area contributed by atoms with Crippen molar-refractivity contribution in [2.24, 2.45) is 10.2 Å². The molecule has 98 valence electrons. The SMILES string of the molecule is CCOC(=O)C(=C=[N-])N=Nc1ccc(C(=O)O)cc1. The van der Waals surface area contributed by atoms with Gasteiger partial charge in [-0.3, -0.25) is 0 Å². The van der Waals surface area contributed by atoms with Crippen LogP contribution in [0.15, 0.2) is 40.2 Å². The molecule has 1 rings (SSSR count). The zero-order valence-corrected chi connectivity index (χ0v) is 10.0. The lowest BCUT2D eigenvalue weighted by molar-refractivity contribution is -0.138. The number of azo groups is 1. The highest BCUT2D eigenvalue weighted by molar-refractivity contribution is 5.97. The minimum Gasteiger partial charge on any atom is -0.761 e. The second kappa shape index (κ2) is 6.83. The van der Waals surface area contributed by atoms with E-state index in [0.717, 1.165) is 0 Å². The van der Waals surface area contributed by atoms with Crippen molar-refractivity contribution in [1.29, 1.82) is 0 Å². The number of esters is 1. The van der Waals surface area contributed by atoms with Gasteiger partial charge in [0, 0.05) is 0 Å². The second-order valence-corrected chi connectivity index (χ2v) is 3.23. The van der Waals surface area contributed by atoms with Gasteiger partial charge in [-0.1, -0.05) is 0 Å². The summed E-state index contributed by atoms with van der Waals surface area (Å²) in [6.45, 7) is 1.74. The van der Waals surface area contributed by atoms with E-state index < -0.39 is 17.6 Å². The van der Waals surface area contributed by atoms with Crippen molar-refractivity contribution < 1.29 is 19.4 Å². The van der Waals surface area contributed by atoms with Gasteiger partial charge in [0.15, 0.2) is 5.70 Å². The van der Waals surface area contributed by atoms with Gasteiger partial charge in [0.2, 0.25) is 0 Å². The summed E-state index contributed by atoms with van der Waals surface area (Å²) in [5.41, 5.74) is -0.0416. The first kappa shape index (κ1) is 14.3. The van der Waals surface area contributed by atoms with Crippen molar-refractivity contribution in [2.45, 2.75) is 6.92 Å². The highest BCUT2D eigenvalue weighted by Gasteiger charge is 2.07. The Kier molecular flexibility index (Phi) is 5.13. The average Bonchev–Trinajstić information content (AvgIpc) is 2.40. The lowest BCUT2D eigenvalue weighted by atomic mass is 10.2. The van der Waals surface area contributed by atoms with Crippen LogP contribution in [0.1, 0.15) is 17.3 Å². The lowest BCUT2D eigenvalue weighted by Crippen LogP contribution is -2.05. The average molecular weight is 260 g/mol. The Morgan fingerprint density at radius 1 is 1.37 bits per heavy atom. The van der Waals surface area contributed by atoms with Crippen molar-refractivity contribution >= 4 is 23.5 Å². The molecule has 0 amide bonds. The summed E-state index contributed by atoms with van der Waals surface area (Å²) < 4.78 is 4.60. The molecule has 1 N–H and O–H groups in total. The van der Waals surface area contributed by atoms with Crippen molar-refractivity contribution in [2.75, 3.05) is 6.61 Å². The topological polar surface area (TPSA) is 111 Å². The van der Waals surface area contributed by atoms with E-state index in [1.807, 2.05) is 0 Å². The number of carbonyl (C=O) groups is 2. The second-order valence-electron chi connectivity index (χ2n) is 3.23. The van der Waals surface area contributed by atoms with E-state index in [4.69, 9.17) is 10.5 Å². The van der Waals surface area contributed by atoms with Crippen molar-refractivity contribution in [3.8, 4) is 0 Å². The normalized spacial score (nSPS) is 9.95. The van der Waals surface area contributed by atoms with Gasteiger partial charge in [0.05, 0.1) is 17.9 Å². The van der Waals surface area contributed by atoms with Crippen LogP contribution in [0.2, 0.25) is 0 Å². The first-order chi connectivity index (χ1) is 9.08. The fourth-order valence-electron chi connectivity index (χ4n) is 1.09. The van der Waals surface area contributed by atoms with Crippen LogP contribution in [0.3, 0.4) is 0 Å². The Morgan fingerprint density at radius 3 is 2.47 bits per heavy atom. The van der Waals surface area contributed by atoms with E-state index in [1.54, 1.807) is 12.8 Å². The van der Waals surface area contributed by atoms with Gasteiger partial charge in [-0.25, -0.2) is 15.5 Å². The molecule has 0 saturated heterocycles. The molecule has 19 heavy (non-hydrogen) atoms. The molecule has 0 heterocycles. The number of benzene rings is 1. The molecular weight excluding hydrogens is 250 g/mol. The highest BCUT2D eigenvalue weighted by atomic mass is 16.5. The zero-order chi connectivity index (χ0) is 14.3. The number of ether oxygens (including phenoxy) is 1. The molecular formula is C12H10N3O4-. The quantitative estimate of drug-likeness (QED) is 0.378. The molecule has 0 saturated carbocycles. The van der Waals surface area contributed by atoms with Crippen LogP contribution in [0.4, 0.5) is 5.69 Å². The number of carboxylic acid groups (broad SMARTS) is 1. The van der Waals surface area contributed by atoms with Crippen LogP contribution in [0, 0.1) is 0 Å². The summed E-state index contributed by atoms with van der Waals surface area (Å²) in [6.07, 6.45) is 0. The van der Waals surface area contributed by atoms with Gasteiger partial charge in [0.25, 0.3) is 0 Å². The molecule has 0 radical (unpaired) electrons. The number of carbonyl (C=O) groups excluding carboxylic acids is 1. The smallest absolute Gasteiger partial charge is 0.365 e. The van der Waals surface area contributed by atoms with Crippen LogP contribution >= 0.6 is 0 Å².